The van der Waals surface area contributed by atoms with E-state index in [2.05, 4.69) is 12.2 Å². The van der Waals surface area contributed by atoms with Crippen molar-refractivity contribution >= 4 is 5.91 Å². The Morgan fingerprint density at radius 2 is 1.73 bits per heavy atom. The lowest BCUT2D eigenvalue weighted by Crippen LogP contribution is -2.30. The molecule has 148 valence electrons. The van der Waals surface area contributed by atoms with Gasteiger partial charge in [0.25, 0.3) is 5.91 Å². The number of aliphatic hydroxyl groups is 1. The van der Waals surface area contributed by atoms with Gasteiger partial charge in [0, 0.05) is 12.1 Å². The van der Waals surface area contributed by atoms with E-state index in [1.807, 2.05) is 0 Å². The van der Waals surface area contributed by atoms with Gasteiger partial charge in [-0.1, -0.05) is 51.9 Å². The van der Waals surface area contributed by atoms with Crippen molar-refractivity contribution in [1.29, 1.82) is 0 Å². The number of rotatable bonds is 14. The number of hydrogen-bond acceptors (Lipinski definition) is 4. The topological polar surface area (TPSA) is 67.8 Å². The van der Waals surface area contributed by atoms with E-state index in [1.165, 1.54) is 38.5 Å². The molecule has 1 aromatic carbocycles. The van der Waals surface area contributed by atoms with Crippen molar-refractivity contribution in [2.45, 2.75) is 71.3 Å². The second kappa shape index (κ2) is 13.5. The highest BCUT2D eigenvalue weighted by molar-refractivity contribution is 5.94. The molecule has 26 heavy (non-hydrogen) atoms. The lowest BCUT2D eigenvalue weighted by atomic mass is 10.1. The zero-order chi connectivity index (χ0) is 19.2. The smallest absolute Gasteiger partial charge is 0.251 e. The van der Waals surface area contributed by atoms with E-state index < -0.39 is 6.10 Å². The van der Waals surface area contributed by atoms with Crippen molar-refractivity contribution in [3.05, 3.63) is 23.8 Å². The first-order valence-electron chi connectivity index (χ1n) is 9.85. The third-order valence-electron chi connectivity index (χ3n) is 4.24. The summed E-state index contributed by atoms with van der Waals surface area (Å²) in [4.78, 5) is 12.1. The Labute approximate surface area is 158 Å². The molecule has 0 aliphatic heterocycles. The molecule has 2 N–H and O–H groups in total. The number of carbonyl (C=O) groups excluding carboxylic acids is 1. The SMILES string of the molecule is CCCCCCCCCCOc1cc(C(=O)NCC(C)O)ccc1OC. The summed E-state index contributed by atoms with van der Waals surface area (Å²) in [6.07, 6.45) is 9.40. The van der Waals surface area contributed by atoms with Crippen LogP contribution in [0, 0.1) is 0 Å². The van der Waals surface area contributed by atoms with Crippen LogP contribution in [0.1, 0.15) is 75.6 Å². The first-order chi connectivity index (χ1) is 12.6. The number of ether oxygens (including phenoxy) is 2. The molecule has 0 saturated heterocycles. The number of methoxy groups -OCH3 is 1. The van der Waals surface area contributed by atoms with E-state index in [9.17, 15) is 9.90 Å². The van der Waals surface area contributed by atoms with Crippen molar-refractivity contribution in [3.63, 3.8) is 0 Å². The highest BCUT2D eigenvalue weighted by Crippen LogP contribution is 2.28. The second-order valence-corrected chi connectivity index (χ2v) is 6.75. The maximum absolute atomic E-state index is 12.1. The van der Waals surface area contributed by atoms with Crippen LogP contribution in [0.3, 0.4) is 0 Å². The summed E-state index contributed by atoms with van der Waals surface area (Å²) < 4.78 is 11.1. The molecule has 1 unspecified atom stereocenters. The number of nitrogens with one attached hydrogen (secondary N) is 1. The molecular formula is C21H35NO4. The third kappa shape index (κ3) is 9.09. The summed E-state index contributed by atoms with van der Waals surface area (Å²) in [6.45, 7) is 4.70. The van der Waals surface area contributed by atoms with Gasteiger partial charge >= 0.3 is 0 Å². The van der Waals surface area contributed by atoms with Crippen molar-refractivity contribution in [1.82, 2.24) is 5.32 Å². The number of unbranched alkanes of at least 4 members (excludes halogenated alkanes) is 7. The van der Waals surface area contributed by atoms with Gasteiger partial charge in [-0.25, -0.2) is 0 Å². The van der Waals surface area contributed by atoms with Gasteiger partial charge in [-0.05, 0) is 31.5 Å². The summed E-state index contributed by atoms with van der Waals surface area (Å²) in [5, 5.41) is 12.0. The first-order valence-corrected chi connectivity index (χ1v) is 9.85. The Balaban J connectivity index is 2.39. The molecule has 0 saturated carbocycles. The predicted molar refractivity (Wildman–Crippen MR) is 105 cm³/mol. The fourth-order valence-electron chi connectivity index (χ4n) is 2.69. The zero-order valence-corrected chi connectivity index (χ0v) is 16.6. The Bertz CT molecular complexity index is 517. The van der Waals surface area contributed by atoms with E-state index in [0.29, 0.717) is 23.7 Å². The molecule has 0 radical (unpaired) electrons. The number of benzene rings is 1. The maximum Gasteiger partial charge on any atom is 0.251 e. The Morgan fingerprint density at radius 3 is 2.35 bits per heavy atom. The normalized spacial score (nSPS) is 11.8. The highest BCUT2D eigenvalue weighted by atomic mass is 16.5. The molecule has 0 bridgehead atoms. The lowest BCUT2D eigenvalue weighted by molar-refractivity contribution is 0.0923. The van der Waals surface area contributed by atoms with Crippen LogP contribution in [0.5, 0.6) is 11.5 Å². The van der Waals surface area contributed by atoms with E-state index in [4.69, 9.17) is 9.47 Å². The summed E-state index contributed by atoms with van der Waals surface area (Å²) in [5.41, 5.74) is 0.498. The van der Waals surface area contributed by atoms with Crippen LogP contribution in [0.15, 0.2) is 18.2 Å². The lowest BCUT2D eigenvalue weighted by Gasteiger charge is -2.13. The molecule has 0 aromatic heterocycles. The van der Waals surface area contributed by atoms with Crippen molar-refractivity contribution in [3.8, 4) is 11.5 Å². The molecule has 0 fully saturated rings. The minimum absolute atomic E-state index is 0.222. The fourth-order valence-corrected chi connectivity index (χ4v) is 2.69. The van der Waals surface area contributed by atoms with Gasteiger partial charge in [0.05, 0.1) is 19.8 Å². The van der Waals surface area contributed by atoms with Crippen molar-refractivity contribution in [2.75, 3.05) is 20.3 Å². The van der Waals surface area contributed by atoms with Gasteiger partial charge in [0.1, 0.15) is 0 Å². The van der Waals surface area contributed by atoms with Crippen molar-refractivity contribution < 1.29 is 19.4 Å². The highest BCUT2D eigenvalue weighted by Gasteiger charge is 2.11. The first kappa shape index (κ1) is 22.3. The van der Waals surface area contributed by atoms with E-state index in [0.717, 1.165) is 12.8 Å². The molecule has 1 atom stereocenters. The van der Waals surface area contributed by atoms with Gasteiger partial charge in [-0.3, -0.25) is 4.79 Å². The Hall–Kier alpha value is -1.75. The van der Waals surface area contributed by atoms with Crippen LogP contribution in [0.2, 0.25) is 0 Å². The summed E-state index contributed by atoms with van der Waals surface area (Å²) in [5.74, 6) is 0.974. The van der Waals surface area contributed by atoms with E-state index in [-0.39, 0.29) is 12.5 Å². The number of hydrogen-bond donors (Lipinski definition) is 2. The zero-order valence-electron chi connectivity index (χ0n) is 16.6. The van der Waals surface area contributed by atoms with Crippen LogP contribution in [-0.4, -0.2) is 37.4 Å². The van der Waals surface area contributed by atoms with E-state index >= 15 is 0 Å². The van der Waals surface area contributed by atoms with Crippen LogP contribution in [0.25, 0.3) is 0 Å². The molecule has 1 aromatic rings. The van der Waals surface area contributed by atoms with Crippen LogP contribution >= 0.6 is 0 Å². The summed E-state index contributed by atoms with van der Waals surface area (Å²) >= 11 is 0. The largest absolute Gasteiger partial charge is 0.493 e. The standard InChI is InChI=1S/C21H35NO4/c1-4-5-6-7-8-9-10-11-14-26-20-15-18(12-13-19(20)25-3)21(24)22-16-17(2)23/h12-13,15,17,23H,4-11,14,16H2,1-3H3,(H,22,24). The molecular weight excluding hydrogens is 330 g/mol. The molecule has 0 spiro atoms. The fraction of sp³-hybridized carbons (Fsp3) is 0.667. The van der Waals surface area contributed by atoms with Gasteiger partial charge in [-0.2, -0.15) is 0 Å². The van der Waals surface area contributed by atoms with Gasteiger partial charge in [0.15, 0.2) is 11.5 Å². The third-order valence-corrected chi connectivity index (χ3v) is 4.24. The number of amides is 1. The minimum Gasteiger partial charge on any atom is -0.493 e. The van der Waals surface area contributed by atoms with Crippen molar-refractivity contribution in [2.24, 2.45) is 0 Å². The van der Waals surface area contributed by atoms with Crippen LogP contribution in [0.4, 0.5) is 0 Å². The maximum atomic E-state index is 12.1. The van der Waals surface area contributed by atoms with Gasteiger partial charge < -0.3 is 19.9 Å². The molecule has 1 rings (SSSR count). The number of carbonyl (C=O) groups is 1. The quantitative estimate of drug-likeness (QED) is 0.482. The Morgan fingerprint density at radius 1 is 1.08 bits per heavy atom. The van der Waals surface area contributed by atoms with Gasteiger partial charge in [-0.15, -0.1) is 0 Å². The average Bonchev–Trinajstić information content (AvgIpc) is 2.64. The Kier molecular flexibility index (Phi) is 11.5. The summed E-state index contributed by atoms with van der Waals surface area (Å²) in [6, 6.07) is 5.13. The minimum atomic E-state index is -0.574. The van der Waals surface area contributed by atoms with Gasteiger partial charge in [0.2, 0.25) is 0 Å². The average molecular weight is 366 g/mol. The molecule has 0 aliphatic carbocycles. The van der Waals surface area contributed by atoms with Crippen LogP contribution < -0.4 is 14.8 Å². The van der Waals surface area contributed by atoms with Crippen LogP contribution in [-0.2, 0) is 0 Å². The van der Waals surface area contributed by atoms with E-state index in [1.54, 1.807) is 32.2 Å². The molecule has 0 aliphatic rings. The second-order valence-electron chi connectivity index (χ2n) is 6.75. The molecule has 5 nitrogen and oxygen atoms in total. The predicted octanol–water partition coefficient (Wildman–Crippen LogP) is 4.33. The molecule has 5 heteroatoms. The molecule has 0 heterocycles. The monoisotopic (exact) mass is 365 g/mol. The number of aliphatic hydroxyl groups excluding tert-OH is 1. The molecule has 1 amide bonds. The summed E-state index contributed by atoms with van der Waals surface area (Å²) in [7, 11) is 1.59.